The van der Waals surface area contributed by atoms with Crippen LogP contribution in [0, 0.1) is 11.6 Å². The maximum Gasteiger partial charge on any atom is 0.256 e. The molecule has 5 rings (SSSR count). The van der Waals surface area contributed by atoms with Crippen LogP contribution in [0.1, 0.15) is 16.1 Å². The Hall–Kier alpha value is -3.91. The van der Waals surface area contributed by atoms with Gasteiger partial charge >= 0.3 is 0 Å². The summed E-state index contributed by atoms with van der Waals surface area (Å²) in [4.78, 5) is 19.1. The van der Waals surface area contributed by atoms with Crippen molar-refractivity contribution >= 4 is 11.7 Å². The Labute approximate surface area is 189 Å². The third-order valence-electron chi connectivity index (χ3n) is 5.67. The Morgan fingerprint density at radius 1 is 0.970 bits per heavy atom. The molecular formula is C25H21F2N5O. The fourth-order valence-electron chi connectivity index (χ4n) is 4.03. The number of fused-ring (bicyclic) bond motifs is 1. The molecule has 166 valence electrons. The van der Waals surface area contributed by atoms with Gasteiger partial charge in [-0.2, -0.15) is 5.10 Å². The topological polar surface area (TPSA) is 63.1 Å². The van der Waals surface area contributed by atoms with Crippen molar-refractivity contribution in [2.75, 3.05) is 18.9 Å². The second-order valence-corrected chi connectivity index (χ2v) is 8.03. The number of likely N-dealkylation sites (N-methyl/N-ethyl adjacent to an activating group) is 1. The smallest absolute Gasteiger partial charge is 0.256 e. The normalized spacial score (nSPS) is 13.5. The Morgan fingerprint density at radius 3 is 2.58 bits per heavy atom. The monoisotopic (exact) mass is 445 g/mol. The molecular weight excluding hydrogens is 424 g/mol. The summed E-state index contributed by atoms with van der Waals surface area (Å²) in [6.07, 6.45) is 1.61. The Kier molecular flexibility index (Phi) is 5.43. The first-order valence-corrected chi connectivity index (χ1v) is 10.6. The van der Waals surface area contributed by atoms with E-state index in [0.717, 1.165) is 41.2 Å². The average Bonchev–Trinajstić information content (AvgIpc) is 3.18. The van der Waals surface area contributed by atoms with Crippen LogP contribution in [0.5, 0.6) is 0 Å². The number of hydrogen-bond acceptors (Lipinski definition) is 4. The molecule has 8 heteroatoms. The van der Waals surface area contributed by atoms with Crippen LogP contribution in [-0.4, -0.2) is 39.2 Å². The van der Waals surface area contributed by atoms with E-state index < -0.39 is 11.7 Å². The first-order chi connectivity index (χ1) is 16.0. The molecule has 33 heavy (non-hydrogen) atoms. The molecule has 0 radical (unpaired) electrons. The Morgan fingerprint density at radius 2 is 1.79 bits per heavy atom. The van der Waals surface area contributed by atoms with Crippen molar-refractivity contribution < 1.29 is 13.6 Å². The summed E-state index contributed by atoms with van der Waals surface area (Å²) in [6, 6.07) is 15.4. The Bertz CT molecular complexity index is 1330. The van der Waals surface area contributed by atoms with Gasteiger partial charge in [0.15, 0.2) is 0 Å². The van der Waals surface area contributed by atoms with Crippen LogP contribution < -0.4 is 5.32 Å². The highest BCUT2D eigenvalue weighted by Crippen LogP contribution is 2.37. The van der Waals surface area contributed by atoms with Crippen LogP contribution >= 0.6 is 0 Å². The first-order valence-electron chi connectivity index (χ1n) is 10.6. The number of nitrogens with zero attached hydrogens (tertiary/aromatic N) is 4. The van der Waals surface area contributed by atoms with Crippen molar-refractivity contribution in [1.82, 2.24) is 19.7 Å². The zero-order chi connectivity index (χ0) is 22.9. The van der Waals surface area contributed by atoms with Crippen LogP contribution in [0.25, 0.3) is 22.4 Å². The van der Waals surface area contributed by atoms with Gasteiger partial charge in [0, 0.05) is 36.0 Å². The van der Waals surface area contributed by atoms with Gasteiger partial charge in [0.05, 0.1) is 12.2 Å². The number of benzene rings is 2. The molecule has 1 aliphatic rings. The number of anilines is 1. The molecule has 0 fully saturated rings. The number of carbonyl (C=O) groups excluding carboxylic acids is 1. The minimum Gasteiger partial charge on any atom is -0.307 e. The SMILES string of the molecule is CN1CCn2nc(-c3ccc(F)cc3)c(-c3ccnc(NC(=O)c4cccc(F)c4)c3)c2C1. The summed E-state index contributed by atoms with van der Waals surface area (Å²) >= 11 is 0. The Balaban J connectivity index is 1.55. The molecule has 0 saturated carbocycles. The number of amides is 1. The number of hydrogen-bond donors (Lipinski definition) is 1. The van der Waals surface area contributed by atoms with Gasteiger partial charge in [0.25, 0.3) is 5.91 Å². The highest BCUT2D eigenvalue weighted by molar-refractivity contribution is 6.04. The summed E-state index contributed by atoms with van der Waals surface area (Å²) in [5.41, 5.74) is 4.54. The van der Waals surface area contributed by atoms with E-state index in [1.807, 2.05) is 10.7 Å². The van der Waals surface area contributed by atoms with Crippen molar-refractivity contribution in [3.05, 3.63) is 89.8 Å². The van der Waals surface area contributed by atoms with Crippen molar-refractivity contribution in [3.8, 4) is 22.4 Å². The maximum atomic E-state index is 13.5. The second-order valence-electron chi connectivity index (χ2n) is 8.03. The lowest BCUT2D eigenvalue weighted by atomic mass is 9.98. The molecule has 1 N–H and O–H groups in total. The third kappa shape index (κ3) is 4.25. The van der Waals surface area contributed by atoms with Crippen LogP contribution in [0.15, 0.2) is 66.9 Å². The van der Waals surface area contributed by atoms with Gasteiger partial charge in [0.1, 0.15) is 23.1 Å². The van der Waals surface area contributed by atoms with E-state index >= 15 is 0 Å². The fraction of sp³-hybridized carbons (Fsp3) is 0.160. The zero-order valence-corrected chi connectivity index (χ0v) is 17.9. The first kappa shape index (κ1) is 21.0. The third-order valence-corrected chi connectivity index (χ3v) is 5.67. The molecule has 2 aromatic carbocycles. The van der Waals surface area contributed by atoms with Crippen molar-refractivity contribution in [2.45, 2.75) is 13.1 Å². The molecule has 0 aliphatic carbocycles. The summed E-state index contributed by atoms with van der Waals surface area (Å²) in [7, 11) is 2.05. The average molecular weight is 445 g/mol. The lowest BCUT2D eigenvalue weighted by molar-refractivity contribution is 0.102. The minimum absolute atomic E-state index is 0.207. The quantitative estimate of drug-likeness (QED) is 0.499. The summed E-state index contributed by atoms with van der Waals surface area (Å²) in [5.74, 6) is -0.898. The number of halogens is 2. The number of rotatable bonds is 4. The lowest BCUT2D eigenvalue weighted by Crippen LogP contribution is -2.30. The van der Waals surface area contributed by atoms with E-state index in [2.05, 4.69) is 22.2 Å². The van der Waals surface area contributed by atoms with Gasteiger partial charge < -0.3 is 5.32 Å². The van der Waals surface area contributed by atoms with Crippen LogP contribution in [0.3, 0.4) is 0 Å². The van der Waals surface area contributed by atoms with E-state index in [4.69, 9.17) is 5.10 Å². The molecule has 6 nitrogen and oxygen atoms in total. The minimum atomic E-state index is -0.482. The van der Waals surface area contributed by atoms with E-state index in [9.17, 15) is 13.6 Å². The molecule has 0 saturated heterocycles. The van der Waals surface area contributed by atoms with Gasteiger partial charge in [-0.1, -0.05) is 6.07 Å². The van der Waals surface area contributed by atoms with Gasteiger partial charge in [-0.25, -0.2) is 13.8 Å². The highest BCUT2D eigenvalue weighted by Gasteiger charge is 2.25. The predicted octanol–water partition coefficient (Wildman–Crippen LogP) is 4.59. The standard InChI is InChI=1S/C25H21F2N5O/c1-31-11-12-32-21(15-31)23(24(30-32)16-5-7-19(26)8-6-16)17-9-10-28-22(14-17)29-25(33)18-3-2-4-20(27)13-18/h2-10,13-14H,11-12,15H2,1H3,(H,28,29,33). The van der Waals surface area contributed by atoms with Gasteiger partial charge in [-0.05, 0) is 67.2 Å². The molecule has 1 aliphatic heterocycles. The zero-order valence-electron chi connectivity index (χ0n) is 17.9. The fourth-order valence-corrected chi connectivity index (χ4v) is 4.03. The molecule has 2 aromatic heterocycles. The van der Waals surface area contributed by atoms with Gasteiger partial charge in [0.2, 0.25) is 0 Å². The number of pyridine rings is 1. The molecule has 0 atom stereocenters. The maximum absolute atomic E-state index is 13.5. The molecule has 0 bridgehead atoms. The van der Waals surface area contributed by atoms with E-state index in [-0.39, 0.29) is 11.4 Å². The molecule has 0 spiro atoms. The highest BCUT2D eigenvalue weighted by atomic mass is 19.1. The summed E-state index contributed by atoms with van der Waals surface area (Å²) in [5, 5.41) is 7.57. The molecule has 4 aromatic rings. The number of aromatic nitrogens is 3. The number of nitrogens with one attached hydrogen (secondary N) is 1. The van der Waals surface area contributed by atoms with E-state index in [1.165, 1.54) is 30.3 Å². The predicted molar refractivity (Wildman–Crippen MR) is 122 cm³/mol. The molecule has 1 amide bonds. The van der Waals surface area contributed by atoms with E-state index in [1.54, 1.807) is 30.5 Å². The van der Waals surface area contributed by atoms with Gasteiger partial charge in [-0.15, -0.1) is 0 Å². The van der Waals surface area contributed by atoms with E-state index in [0.29, 0.717) is 12.4 Å². The van der Waals surface area contributed by atoms with Crippen molar-refractivity contribution in [3.63, 3.8) is 0 Å². The number of carbonyl (C=O) groups is 1. The van der Waals surface area contributed by atoms with Gasteiger partial charge in [-0.3, -0.25) is 14.4 Å². The largest absolute Gasteiger partial charge is 0.307 e. The summed E-state index contributed by atoms with van der Waals surface area (Å²) < 4.78 is 29.0. The lowest BCUT2D eigenvalue weighted by Gasteiger charge is -2.24. The van der Waals surface area contributed by atoms with Crippen molar-refractivity contribution in [1.29, 1.82) is 0 Å². The van der Waals surface area contributed by atoms with Crippen molar-refractivity contribution in [2.24, 2.45) is 0 Å². The van der Waals surface area contributed by atoms with Crippen LogP contribution in [0.4, 0.5) is 14.6 Å². The molecule has 0 unspecified atom stereocenters. The van der Waals surface area contributed by atoms with Crippen LogP contribution in [0.2, 0.25) is 0 Å². The second kappa shape index (κ2) is 8.55. The molecule has 3 heterocycles. The summed E-state index contributed by atoms with van der Waals surface area (Å²) in [6.45, 7) is 2.33. The van der Waals surface area contributed by atoms with Crippen LogP contribution in [-0.2, 0) is 13.1 Å².